The van der Waals surface area contributed by atoms with E-state index in [2.05, 4.69) is 20.9 Å². The van der Waals surface area contributed by atoms with Gasteiger partial charge >= 0.3 is 0 Å². The van der Waals surface area contributed by atoms with Crippen LogP contribution >= 0.6 is 11.3 Å². The normalized spacial score (nSPS) is 17.5. The van der Waals surface area contributed by atoms with Crippen molar-refractivity contribution in [2.75, 3.05) is 20.1 Å². The first-order chi connectivity index (χ1) is 18.8. The number of hydrogen-bond donors (Lipinski definition) is 6. The SMILES string of the molecule is CNC(=O)[C@H](CCCCNC(=N)N)NC(=O)c1csc([C@@H]2C[C@@H](N)CN2C(=O)c2ccc3ccccc3c2)n1. The molecule has 3 amide bonds. The second-order valence-corrected chi connectivity index (χ2v) is 10.5. The van der Waals surface area contributed by atoms with Crippen LogP contribution in [0.15, 0.2) is 47.8 Å². The first-order valence-corrected chi connectivity index (χ1v) is 13.8. The lowest BCUT2D eigenvalue weighted by Gasteiger charge is -2.23. The Bertz CT molecular complexity index is 1360. The number of benzene rings is 2. The molecule has 0 radical (unpaired) electrons. The van der Waals surface area contributed by atoms with E-state index in [1.807, 2.05) is 42.5 Å². The maximum Gasteiger partial charge on any atom is 0.271 e. The minimum Gasteiger partial charge on any atom is -0.370 e. The predicted molar refractivity (Wildman–Crippen MR) is 152 cm³/mol. The van der Waals surface area contributed by atoms with Gasteiger partial charge in [-0.25, -0.2) is 4.98 Å². The monoisotopic (exact) mass is 550 g/mol. The van der Waals surface area contributed by atoms with E-state index in [1.54, 1.807) is 10.3 Å². The second kappa shape index (κ2) is 12.7. The Labute approximate surface area is 230 Å². The van der Waals surface area contributed by atoms with Gasteiger partial charge in [0.15, 0.2) is 5.96 Å². The van der Waals surface area contributed by atoms with E-state index in [1.165, 1.54) is 18.4 Å². The smallest absolute Gasteiger partial charge is 0.271 e. The van der Waals surface area contributed by atoms with Crippen molar-refractivity contribution in [2.45, 2.75) is 43.8 Å². The first-order valence-electron chi connectivity index (χ1n) is 12.9. The van der Waals surface area contributed by atoms with Crippen LogP contribution in [0.3, 0.4) is 0 Å². The molecule has 2 aromatic carbocycles. The molecule has 0 unspecified atom stereocenters. The Balaban J connectivity index is 1.43. The van der Waals surface area contributed by atoms with Gasteiger partial charge in [0.25, 0.3) is 11.8 Å². The third kappa shape index (κ3) is 6.89. The molecule has 2 heterocycles. The van der Waals surface area contributed by atoms with Crippen molar-refractivity contribution in [3.05, 3.63) is 64.1 Å². The van der Waals surface area contributed by atoms with Crippen LogP contribution in [0.1, 0.15) is 57.6 Å². The fourth-order valence-corrected chi connectivity index (χ4v) is 5.66. The molecule has 1 saturated heterocycles. The summed E-state index contributed by atoms with van der Waals surface area (Å²) in [5, 5.41) is 19.6. The van der Waals surface area contributed by atoms with Crippen molar-refractivity contribution in [3.63, 3.8) is 0 Å². The molecule has 0 bridgehead atoms. The highest BCUT2D eigenvalue weighted by Gasteiger charge is 2.37. The van der Waals surface area contributed by atoms with E-state index in [4.69, 9.17) is 16.9 Å². The zero-order valence-electron chi connectivity index (χ0n) is 21.8. The van der Waals surface area contributed by atoms with Gasteiger partial charge in [0.1, 0.15) is 16.7 Å². The van der Waals surface area contributed by atoms with E-state index in [0.29, 0.717) is 49.3 Å². The summed E-state index contributed by atoms with van der Waals surface area (Å²) in [5.74, 6) is -0.986. The number of thiazole rings is 1. The van der Waals surface area contributed by atoms with Crippen LogP contribution in [0.4, 0.5) is 0 Å². The number of guanidine groups is 1. The minimum absolute atomic E-state index is 0.105. The minimum atomic E-state index is -0.726. The lowest BCUT2D eigenvalue weighted by Crippen LogP contribution is -2.45. The number of carbonyl (C=O) groups excluding carboxylic acids is 3. The largest absolute Gasteiger partial charge is 0.370 e. The number of likely N-dealkylation sites (tertiary alicyclic amines) is 1. The zero-order chi connectivity index (χ0) is 27.9. The van der Waals surface area contributed by atoms with Crippen LogP contribution in [0.25, 0.3) is 10.8 Å². The molecule has 39 heavy (non-hydrogen) atoms. The van der Waals surface area contributed by atoms with Crippen LogP contribution in [-0.4, -0.2) is 65.8 Å². The molecule has 1 aliphatic rings. The number of carbonyl (C=O) groups is 3. The summed E-state index contributed by atoms with van der Waals surface area (Å²) in [7, 11) is 1.52. The zero-order valence-corrected chi connectivity index (χ0v) is 22.6. The summed E-state index contributed by atoms with van der Waals surface area (Å²) in [6, 6.07) is 12.2. The van der Waals surface area contributed by atoms with Crippen LogP contribution in [0, 0.1) is 5.41 Å². The molecule has 0 aliphatic carbocycles. The number of rotatable bonds is 10. The fourth-order valence-electron chi connectivity index (χ4n) is 4.73. The van der Waals surface area contributed by atoms with Crippen molar-refractivity contribution in [2.24, 2.45) is 11.5 Å². The van der Waals surface area contributed by atoms with Gasteiger partial charge in [-0.3, -0.25) is 19.8 Å². The van der Waals surface area contributed by atoms with Crippen molar-refractivity contribution >= 4 is 45.8 Å². The van der Waals surface area contributed by atoms with E-state index in [0.717, 1.165) is 10.8 Å². The van der Waals surface area contributed by atoms with Gasteiger partial charge in [0.2, 0.25) is 5.91 Å². The summed E-state index contributed by atoms with van der Waals surface area (Å²) in [4.78, 5) is 45.1. The Morgan fingerprint density at radius 3 is 2.69 bits per heavy atom. The Hall–Kier alpha value is -4.03. The fraction of sp³-hybridized carbons (Fsp3) is 0.370. The van der Waals surface area contributed by atoms with E-state index in [-0.39, 0.29) is 35.6 Å². The number of likely N-dealkylation sites (N-methyl/N-ethyl adjacent to an activating group) is 1. The van der Waals surface area contributed by atoms with Crippen molar-refractivity contribution < 1.29 is 14.4 Å². The lowest BCUT2D eigenvalue weighted by atomic mass is 10.1. The van der Waals surface area contributed by atoms with Gasteiger partial charge in [0, 0.05) is 37.1 Å². The van der Waals surface area contributed by atoms with Crippen LogP contribution in [0.5, 0.6) is 0 Å². The molecule has 3 aromatic rings. The maximum atomic E-state index is 13.5. The van der Waals surface area contributed by atoms with Gasteiger partial charge < -0.3 is 32.3 Å². The molecule has 1 fully saturated rings. The third-order valence-electron chi connectivity index (χ3n) is 6.73. The number of amides is 3. The highest BCUT2D eigenvalue weighted by Crippen LogP contribution is 2.35. The number of aromatic nitrogens is 1. The van der Waals surface area contributed by atoms with Crippen molar-refractivity contribution in [1.29, 1.82) is 5.41 Å². The number of unbranched alkanes of at least 4 members (excludes halogenated alkanes) is 1. The molecule has 4 rings (SSSR count). The lowest BCUT2D eigenvalue weighted by molar-refractivity contribution is -0.122. The summed E-state index contributed by atoms with van der Waals surface area (Å²) < 4.78 is 0. The van der Waals surface area contributed by atoms with Gasteiger partial charge in [-0.2, -0.15) is 0 Å². The first kappa shape index (κ1) is 28.0. The predicted octanol–water partition coefficient (Wildman–Crippen LogP) is 1.71. The van der Waals surface area contributed by atoms with Gasteiger partial charge in [-0.15, -0.1) is 11.3 Å². The molecule has 3 atom stereocenters. The topological polar surface area (TPSA) is 179 Å². The summed E-state index contributed by atoms with van der Waals surface area (Å²) in [5.41, 5.74) is 12.3. The quantitative estimate of drug-likeness (QED) is 0.126. The van der Waals surface area contributed by atoms with Crippen molar-refractivity contribution in [3.8, 4) is 0 Å². The summed E-state index contributed by atoms with van der Waals surface area (Å²) >= 11 is 1.30. The van der Waals surface area contributed by atoms with Crippen LogP contribution in [-0.2, 0) is 4.79 Å². The molecular weight excluding hydrogens is 516 g/mol. The van der Waals surface area contributed by atoms with Gasteiger partial charge in [-0.1, -0.05) is 30.3 Å². The van der Waals surface area contributed by atoms with Gasteiger partial charge in [0.05, 0.1) is 6.04 Å². The van der Waals surface area contributed by atoms with Gasteiger partial charge in [-0.05, 0) is 48.6 Å². The molecule has 8 N–H and O–H groups in total. The maximum absolute atomic E-state index is 13.5. The average molecular weight is 551 g/mol. The molecule has 206 valence electrons. The molecular formula is C27H34N8O3S. The number of nitrogens with two attached hydrogens (primary N) is 2. The standard InChI is InChI=1S/C27H34N8O3S/c1-31-23(36)20(8-4-5-11-32-27(29)30)33-24(37)21-15-39-25(34-21)22-13-19(28)14-35(22)26(38)18-10-9-16-6-2-3-7-17(16)12-18/h2-3,6-7,9-10,12,15,19-20,22H,4-5,8,11,13-14,28H2,1H3,(H,31,36)(H,33,37)(H4,29,30,32)/t19-,20+,22+/m1/s1. The molecule has 12 heteroatoms. The Kier molecular flexibility index (Phi) is 9.10. The van der Waals surface area contributed by atoms with Crippen molar-refractivity contribution in [1.82, 2.24) is 25.8 Å². The Morgan fingerprint density at radius 1 is 1.18 bits per heavy atom. The second-order valence-electron chi connectivity index (χ2n) is 9.58. The molecule has 0 saturated carbocycles. The molecule has 0 spiro atoms. The third-order valence-corrected chi connectivity index (χ3v) is 7.68. The molecule has 1 aliphatic heterocycles. The highest BCUT2D eigenvalue weighted by molar-refractivity contribution is 7.09. The Morgan fingerprint density at radius 2 is 1.95 bits per heavy atom. The van der Waals surface area contributed by atoms with E-state index >= 15 is 0 Å². The van der Waals surface area contributed by atoms with Crippen LogP contribution in [0.2, 0.25) is 0 Å². The molecule has 11 nitrogen and oxygen atoms in total. The average Bonchev–Trinajstić information content (AvgIpc) is 3.58. The van der Waals surface area contributed by atoms with Crippen LogP contribution < -0.4 is 27.4 Å². The van der Waals surface area contributed by atoms with E-state index in [9.17, 15) is 14.4 Å². The summed E-state index contributed by atoms with van der Waals surface area (Å²) in [6.07, 6.45) is 2.30. The summed E-state index contributed by atoms with van der Waals surface area (Å²) in [6.45, 7) is 0.909. The number of nitrogens with zero attached hydrogens (tertiary/aromatic N) is 2. The van der Waals surface area contributed by atoms with E-state index < -0.39 is 11.9 Å². The number of hydrogen-bond acceptors (Lipinski definition) is 7. The number of nitrogens with one attached hydrogen (secondary N) is 4. The highest BCUT2D eigenvalue weighted by atomic mass is 32.1. The number of fused-ring (bicyclic) bond motifs is 1. The molecule has 1 aromatic heterocycles.